The molecular weight excluding hydrogens is 435 g/mol. The van der Waals surface area contributed by atoms with Crippen LogP contribution in [0.25, 0.3) is 12.2 Å². The molecule has 0 saturated heterocycles. The van der Waals surface area contributed by atoms with Crippen LogP contribution in [0, 0.1) is 0 Å². The first-order valence-electron chi connectivity index (χ1n) is 8.34. The van der Waals surface area contributed by atoms with Crippen LogP contribution in [0.4, 0.5) is 15.6 Å². The van der Waals surface area contributed by atoms with Gasteiger partial charge in [-0.05, 0) is 18.2 Å². The minimum Gasteiger partial charge on any atom is -0.447 e. The number of hydrogen-bond donors (Lipinski definition) is 2. The molecule has 3 rings (SSSR count). The van der Waals surface area contributed by atoms with Gasteiger partial charge in [0.05, 0.1) is 21.9 Å². The van der Waals surface area contributed by atoms with E-state index in [9.17, 15) is 4.79 Å². The van der Waals surface area contributed by atoms with Crippen LogP contribution in [0.3, 0.4) is 0 Å². The lowest BCUT2D eigenvalue weighted by Crippen LogP contribution is -2.36. The standard InChI is InChI=1S/C18H18Cl2N4O2SSi/c1-28(2,3)15-10-21-14(26-15)8-7-11-9-22-18(27-11)24-17(25)23-16-12(19)5-4-6-13(16)20/h4-10H,1-3H3,(H2,22,23,24,25). The number of urea groups is 1. The van der Waals surface area contributed by atoms with E-state index in [1.54, 1.807) is 36.7 Å². The lowest BCUT2D eigenvalue weighted by molar-refractivity contribution is 0.262. The average molecular weight is 453 g/mol. The Hall–Kier alpha value is -2.13. The Morgan fingerprint density at radius 1 is 1.11 bits per heavy atom. The lowest BCUT2D eigenvalue weighted by Gasteiger charge is -2.09. The second kappa shape index (κ2) is 8.48. The summed E-state index contributed by atoms with van der Waals surface area (Å²) in [7, 11) is -1.52. The number of nitrogens with one attached hydrogen (secondary N) is 2. The number of thiazole rings is 1. The number of oxazole rings is 1. The van der Waals surface area contributed by atoms with Crippen LogP contribution in [0.2, 0.25) is 29.7 Å². The molecule has 3 aromatic rings. The molecule has 28 heavy (non-hydrogen) atoms. The van der Waals surface area contributed by atoms with Crippen molar-refractivity contribution < 1.29 is 9.21 Å². The highest BCUT2D eigenvalue weighted by molar-refractivity contribution is 7.16. The van der Waals surface area contributed by atoms with Crippen LogP contribution < -0.4 is 16.0 Å². The molecule has 0 atom stereocenters. The molecule has 0 fully saturated rings. The van der Waals surface area contributed by atoms with Gasteiger partial charge in [0.1, 0.15) is 13.5 Å². The Balaban J connectivity index is 1.62. The van der Waals surface area contributed by atoms with Crippen molar-refractivity contribution in [3.05, 3.63) is 51.4 Å². The Kier molecular flexibility index (Phi) is 6.24. The van der Waals surface area contributed by atoms with Crippen molar-refractivity contribution >= 4 is 77.0 Å². The third-order valence-electron chi connectivity index (χ3n) is 3.60. The first-order valence-corrected chi connectivity index (χ1v) is 13.4. The molecule has 2 heterocycles. The van der Waals surface area contributed by atoms with E-state index in [0.29, 0.717) is 26.8 Å². The molecule has 2 aromatic heterocycles. The summed E-state index contributed by atoms with van der Waals surface area (Å²) < 4.78 is 5.77. The number of halogens is 2. The highest BCUT2D eigenvalue weighted by atomic mass is 35.5. The molecule has 0 aliphatic rings. The number of anilines is 2. The molecule has 146 valence electrons. The Morgan fingerprint density at radius 2 is 1.82 bits per heavy atom. The number of rotatable bonds is 5. The Morgan fingerprint density at radius 3 is 2.46 bits per heavy atom. The van der Waals surface area contributed by atoms with Crippen molar-refractivity contribution in [2.45, 2.75) is 19.6 Å². The quantitative estimate of drug-likeness (QED) is 0.479. The summed E-state index contributed by atoms with van der Waals surface area (Å²) in [6, 6.07) is 4.51. The first-order chi connectivity index (χ1) is 13.2. The number of nitrogens with zero attached hydrogens (tertiary/aromatic N) is 2. The molecule has 0 radical (unpaired) electrons. The zero-order chi connectivity index (χ0) is 20.3. The van der Waals surface area contributed by atoms with Gasteiger partial charge >= 0.3 is 6.03 Å². The van der Waals surface area contributed by atoms with Gasteiger partial charge in [0.25, 0.3) is 0 Å². The maximum Gasteiger partial charge on any atom is 0.325 e. The normalized spacial score (nSPS) is 11.8. The molecule has 0 unspecified atom stereocenters. The summed E-state index contributed by atoms with van der Waals surface area (Å²) in [5.41, 5.74) is 0.349. The SMILES string of the molecule is C[Si](C)(C)c1cnc(C=Cc2cnc(NC(=O)Nc3c(Cl)cccc3Cl)s2)o1. The van der Waals surface area contributed by atoms with Gasteiger partial charge in [-0.15, -0.1) is 0 Å². The van der Waals surface area contributed by atoms with Crippen molar-refractivity contribution in [1.29, 1.82) is 0 Å². The molecule has 0 spiro atoms. The Labute approximate surface area is 177 Å². The van der Waals surface area contributed by atoms with Crippen LogP contribution in [0.5, 0.6) is 0 Å². The smallest absolute Gasteiger partial charge is 0.325 e. The van der Waals surface area contributed by atoms with Gasteiger partial charge < -0.3 is 9.73 Å². The van der Waals surface area contributed by atoms with Crippen molar-refractivity contribution in [3.63, 3.8) is 0 Å². The van der Waals surface area contributed by atoms with E-state index in [1.165, 1.54) is 11.3 Å². The fourth-order valence-electron chi connectivity index (χ4n) is 2.15. The van der Waals surface area contributed by atoms with Crippen LogP contribution in [0.15, 0.2) is 35.0 Å². The van der Waals surface area contributed by atoms with Crippen molar-refractivity contribution in [1.82, 2.24) is 9.97 Å². The van der Waals surface area contributed by atoms with Gasteiger partial charge in [0.2, 0.25) is 5.89 Å². The number of carbonyl (C=O) groups is 1. The fraction of sp³-hybridized carbons (Fsp3) is 0.167. The molecule has 2 amide bonds. The third kappa shape index (κ3) is 5.23. The minimum absolute atomic E-state index is 0.349. The second-order valence-corrected chi connectivity index (χ2v) is 13.8. The number of benzene rings is 1. The average Bonchev–Trinajstić information content (AvgIpc) is 3.25. The van der Waals surface area contributed by atoms with E-state index in [4.69, 9.17) is 27.6 Å². The molecule has 0 aliphatic heterocycles. The summed E-state index contributed by atoms with van der Waals surface area (Å²) in [4.78, 5) is 21.5. The number of carbonyl (C=O) groups excluding carboxylic acids is 1. The molecular formula is C18H18Cl2N4O2SSi. The summed E-state index contributed by atoms with van der Waals surface area (Å²) >= 11 is 13.4. The number of hydrogen-bond acceptors (Lipinski definition) is 5. The predicted octanol–water partition coefficient (Wildman–Crippen LogP) is 5.80. The third-order valence-corrected chi connectivity index (χ3v) is 6.82. The molecule has 1 aromatic carbocycles. The Bertz CT molecular complexity index is 1010. The predicted molar refractivity (Wildman–Crippen MR) is 120 cm³/mol. The van der Waals surface area contributed by atoms with Crippen molar-refractivity contribution in [2.24, 2.45) is 0 Å². The number of amides is 2. The highest BCUT2D eigenvalue weighted by Gasteiger charge is 2.21. The van der Waals surface area contributed by atoms with Crippen LogP contribution in [0.1, 0.15) is 10.8 Å². The molecule has 0 bridgehead atoms. The summed E-state index contributed by atoms with van der Waals surface area (Å²) in [5, 5.41) is 7.39. The van der Waals surface area contributed by atoms with Crippen molar-refractivity contribution in [3.8, 4) is 0 Å². The van der Waals surface area contributed by atoms with Gasteiger partial charge in [-0.1, -0.05) is 60.2 Å². The van der Waals surface area contributed by atoms with E-state index in [0.717, 1.165) is 10.3 Å². The van der Waals surface area contributed by atoms with E-state index in [2.05, 4.69) is 40.2 Å². The zero-order valence-electron chi connectivity index (χ0n) is 15.4. The number of para-hydroxylation sites is 1. The maximum absolute atomic E-state index is 12.2. The van der Waals surface area contributed by atoms with Gasteiger partial charge in [0.15, 0.2) is 5.13 Å². The summed E-state index contributed by atoms with van der Waals surface area (Å²) in [5.74, 6) is 0.548. The maximum atomic E-state index is 12.2. The largest absolute Gasteiger partial charge is 0.447 e. The first kappa shape index (κ1) is 20.6. The monoisotopic (exact) mass is 452 g/mol. The van der Waals surface area contributed by atoms with Crippen LogP contribution in [-0.4, -0.2) is 24.1 Å². The van der Waals surface area contributed by atoms with Gasteiger partial charge in [-0.3, -0.25) is 5.32 Å². The summed E-state index contributed by atoms with van der Waals surface area (Å²) in [6.45, 7) is 6.59. The molecule has 0 saturated carbocycles. The second-order valence-electron chi connectivity index (χ2n) is 6.89. The van der Waals surface area contributed by atoms with Gasteiger partial charge in [0, 0.05) is 17.2 Å². The van der Waals surface area contributed by atoms with Crippen molar-refractivity contribution in [2.75, 3.05) is 10.6 Å². The minimum atomic E-state index is -1.52. The van der Waals surface area contributed by atoms with Crippen LogP contribution in [-0.2, 0) is 0 Å². The molecule has 0 aliphatic carbocycles. The van der Waals surface area contributed by atoms with Gasteiger partial charge in [-0.25, -0.2) is 14.8 Å². The van der Waals surface area contributed by atoms with E-state index in [1.807, 2.05) is 6.08 Å². The van der Waals surface area contributed by atoms with E-state index >= 15 is 0 Å². The number of aromatic nitrogens is 2. The zero-order valence-corrected chi connectivity index (χ0v) is 18.7. The fourth-order valence-corrected chi connectivity index (χ4v) is 4.21. The van der Waals surface area contributed by atoms with E-state index < -0.39 is 14.1 Å². The molecule has 10 heteroatoms. The molecule has 6 nitrogen and oxygen atoms in total. The topological polar surface area (TPSA) is 80.0 Å². The van der Waals surface area contributed by atoms with Gasteiger partial charge in [-0.2, -0.15) is 0 Å². The highest BCUT2D eigenvalue weighted by Crippen LogP contribution is 2.30. The molecule has 2 N–H and O–H groups in total. The lowest BCUT2D eigenvalue weighted by atomic mass is 10.3. The van der Waals surface area contributed by atoms with Crippen LogP contribution >= 0.6 is 34.5 Å². The van der Waals surface area contributed by atoms with E-state index in [-0.39, 0.29) is 0 Å². The summed E-state index contributed by atoms with van der Waals surface area (Å²) in [6.07, 6.45) is 7.06.